The van der Waals surface area contributed by atoms with Crippen molar-refractivity contribution in [3.8, 4) is 5.75 Å². The van der Waals surface area contributed by atoms with Gasteiger partial charge >= 0.3 is 11.7 Å². The summed E-state index contributed by atoms with van der Waals surface area (Å²) in [4.78, 5) is 58.8. The van der Waals surface area contributed by atoms with Crippen molar-refractivity contribution in [1.82, 2.24) is 5.32 Å². The molecule has 34 heavy (non-hydrogen) atoms. The molecule has 0 radical (unpaired) electrons. The average Bonchev–Trinajstić information content (AvgIpc) is 2.74. The molecule has 0 saturated heterocycles. The van der Waals surface area contributed by atoms with Crippen molar-refractivity contribution in [2.45, 2.75) is 20.3 Å². The number of rotatable bonds is 8. The summed E-state index contributed by atoms with van der Waals surface area (Å²) >= 11 is 5.83. The number of halogens is 3. The van der Waals surface area contributed by atoms with Crippen LogP contribution in [0.5, 0.6) is 5.75 Å². The highest BCUT2D eigenvalue weighted by Crippen LogP contribution is 2.39. The van der Waals surface area contributed by atoms with Gasteiger partial charge in [-0.05, 0) is 73.8 Å². The maximum Gasteiger partial charge on any atom is 0.313 e. The number of hydrogen-bond acceptors (Lipinski definition) is 7. The first-order chi connectivity index (χ1) is 15.9. The molecule has 11 nitrogen and oxygen atoms in total. The van der Waals surface area contributed by atoms with E-state index in [0.29, 0.717) is 22.1 Å². The number of para-hydroxylation sites is 2. The average molecular weight is 806 g/mol. The maximum absolute atomic E-state index is 13.0. The highest BCUT2D eigenvalue weighted by molar-refractivity contribution is 14.1. The van der Waals surface area contributed by atoms with Crippen LogP contribution in [0.25, 0.3) is 0 Å². The number of hydrogen-bond donors (Lipinski definition) is 3. The molecule has 2 aromatic carbocycles. The summed E-state index contributed by atoms with van der Waals surface area (Å²) in [6.07, 6.45) is -0.244. The highest BCUT2D eigenvalue weighted by atomic mass is 127. The standard InChI is InChI=1S/C20H17I3N4O7/c1-9(28)25-18-15(21)14(16(22)19(17(18)23)26-10(2)29)20(31)24-8-7-13(30)34-12-6-4-3-5-11(12)27(32)33/h3-6H,7-8H2,1-2H3,(H,24,31)(H,25,28)(H,26,29). The Morgan fingerprint density at radius 3 is 1.97 bits per heavy atom. The van der Waals surface area contributed by atoms with Gasteiger partial charge in [0.15, 0.2) is 0 Å². The van der Waals surface area contributed by atoms with Crippen molar-refractivity contribution >= 4 is 109 Å². The smallest absolute Gasteiger partial charge is 0.313 e. The first-order valence-electron chi connectivity index (χ1n) is 9.41. The van der Waals surface area contributed by atoms with Crippen LogP contribution in [-0.2, 0) is 14.4 Å². The van der Waals surface area contributed by atoms with Crippen LogP contribution >= 0.6 is 67.8 Å². The monoisotopic (exact) mass is 806 g/mol. The second-order valence-corrected chi connectivity index (χ2v) is 9.87. The lowest BCUT2D eigenvalue weighted by molar-refractivity contribution is -0.385. The number of carbonyl (C=O) groups is 4. The highest BCUT2D eigenvalue weighted by Gasteiger charge is 2.26. The molecule has 0 atom stereocenters. The lowest BCUT2D eigenvalue weighted by Gasteiger charge is -2.19. The number of ether oxygens (including phenoxy) is 1. The number of nitro benzene ring substituents is 1. The first-order valence-corrected chi connectivity index (χ1v) is 12.7. The van der Waals surface area contributed by atoms with Gasteiger partial charge in [0.1, 0.15) is 0 Å². The minimum atomic E-state index is -0.764. The van der Waals surface area contributed by atoms with Gasteiger partial charge in [0.2, 0.25) is 17.6 Å². The zero-order chi connectivity index (χ0) is 25.6. The molecule has 3 amide bonds. The van der Waals surface area contributed by atoms with Crippen LogP contribution < -0.4 is 20.7 Å². The zero-order valence-corrected chi connectivity index (χ0v) is 24.1. The Kier molecular flexibility index (Phi) is 10.4. The van der Waals surface area contributed by atoms with Crippen molar-refractivity contribution in [2.75, 3.05) is 17.2 Å². The molecular formula is C20H17I3N4O7. The van der Waals surface area contributed by atoms with Crippen molar-refractivity contribution in [2.24, 2.45) is 0 Å². The predicted molar refractivity (Wildman–Crippen MR) is 149 cm³/mol. The quantitative estimate of drug-likeness (QED) is 0.120. The minimum absolute atomic E-state index is 0.110. The van der Waals surface area contributed by atoms with Crippen LogP contribution in [0, 0.1) is 20.8 Å². The molecule has 0 aliphatic heterocycles. The van der Waals surface area contributed by atoms with E-state index in [1.807, 2.05) is 67.8 Å². The molecule has 0 unspecified atom stereocenters. The van der Waals surface area contributed by atoms with Crippen molar-refractivity contribution in [1.29, 1.82) is 0 Å². The third-order valence-electron chi connectivity index (χ3n) is 4.05. The van der Waals surface area contributed by atoms with E-state index in [4.69, 9.17) is 4.74 Å². The first kappa shape index (κ1) is 28.1. The largest absolute Gasteiger partial charge is 0.419 e. The number of nitrogens with zero attached hydrogens (tertiary/aromatic N) is 1. The van der Waals surface area contributed by atoms with Gasteiger partial charge in [0.25, 0.3) is 5.91 Å². The molecule has 0 spiro atoms. The van der Waals surface area contributed by atoms with E-state index < -0.39 is 16.8 Å². The minimum Gasteiger partial charge on any atom is -0.419 e. The third-order valence-corrected chi connectivity index (χ3v) is 7.28. The Balaban J connectivity index is 2.21. The molecular weight excluding hydrogens is 789 g/mol. The van der Waals surface area contributed by atoms with Crippen molar-refractivity contribution in [3.63, 3.8) is 0 Å². The molecule has 0 aromatic heterocycles. The number of anilines is 2. The van der Waals surface area contributed by atoms with E-state index in [-0.39, 0.29) is 41.8 Å². The number of nitrogens with one attached hydrogen (secondary N) is 3. The number of carbonyl (C=O) groups excluding carboxylic acids is 4. The van der Waals surface area contributed by atoms with Crippen LogP contribution in [0.3, 0.4) is 0 Å². The number of nitro groups is 1. The van der Waals surface area contributed by atoms with E-state index in [1.165, 1.54) is 38.1 Å². The molecule has 0 bridgehead atoms. The fourth-order valence-electron chi connectivity index (χ4n) is 2.67. The Bertz CT molecular complexity index is 1140. The van der Waals surface area contributed by atoms with Crippen LogP contribution in [0.1, 0.15) is 30.6 Å². The Labute approximate surface area is 234 Å². The molecule has 0 aliphatic carbocycles. The molecule has 180 valence electrons. The molecule has 2 aromatic rings. The zero-order valence-electron chi connectivity index (χ0n) is 17.7. The third kappa shape index (κ3) is 7.20. The number of amides is 3. The van der Waals surface area contributed by atoms with Crippen molar-refractivity contribution in [3.05, 3.63) is 50.7 Å². The summed E-state index contributed by atoms with van der Waals surface area (Å²) < 4.78 is 6.52. The van der Waals surface area contributed by atoms with Gasteiger partial charge in [0.05, 0.1) is 39.0 Å². The van der Waals surface area contributed by atoms with E-state index >= 15 is 0 Å². The van der Waals surface area contributed by atoms with Crippen LogP contribution in [0.15, 0.2) is 24.3 Å². The van der Waals surface area contributed by atoms with Gasteiger partial charge in [-0.3, -0.25) is 29.3 Å². The molecule has 3 N–H and O–H groups in total. The van der Waals surface area contributed by atoms with E-state index in [0.717, 1.165) is 0 Å². The van der Waals surface area contributed by atoms with Gasteiger partial charge in [-0.15, -0.1) is 0 Å². The van der Waals surface area contributed by atoms with E-state index in [1.54, 1.807) is 0 Å². The van der Waals surface area contributed by atoms with Gasteiger partial charge in [-0.25, -0.2) is 0 Å². The second kappa shape index (κ2) is 12.6. The lowest BCUT2D eigenvalue weighted by atomic mass is 10.1. The molecule has 0 saturated carbocycles. The topological polar surface area (TPSA) is 157 Å². The summed E-state index contributed by atoms with van der Waals surface area (Å²) in [5.74, 6) is -2.20. The van der Waals surface area contributed by atoms with E-state index in [2.05, 4.69) is 16.0 Å². The van der Waals surface area contributed by atoms with Gasteiger partial charge in [-0.2, -0.15) is 0 Å². The summed E-state index contributed by atoms with van der Waals surface area (Å²) in [5.41, 5.74) is 0.609. The summed E-state index contributed by atoms with van der Waals surface area (Å²) in [6, 6.07) is 5.46. The van der Waals surface area contributed by atoms with Crippen LogP contribution in [-0.4, -0.2) is 35.2 Å². The van der Waals surface area contributed by atoms with Gasteiger partial charge in [-0.1, -0.05) is 12.1 Å². The molecule has 0 fully saturated rings. The maximum atomic E-state index is 13.0. The Morgan fingerprint density at radius 2 is 1.47 bits per heavy atom. The van der Waals surface area contributed by atoms with Crippen molar-refractivity contribution < 1.29 is 28.8 Å². The second-order valence-electron chi connectivity index (χ2n) is 6.63. The summed E-state index contributed by atoms with van der Waals surface area (Å²) in [7, 11) is 0. The van der Waals surface area contributed by atoms with Crippen LogP contribution in [0.4, 0.5) is 17.1 Å². The summed E-state index contributed by atoms with van der Waals surface area (Å²) in [6.45, 7) is 2.54. The number of benzene rings is 2. The van der Waals surface area contributed by atoms with E-state index in [9.17, 15) is 29.3 Å². The van der Waals surface area contributed by atoms with Gasteiger partial charge in [0, 0.05) is 26.5 Å². The normalized spacial score (nSPS) is 10.3. The Morgan fingerprint density at radius 1 is 0.941 bits per heavy atom. The molecule has 14 heteroatoms. The van der Waals surface area contributed by atoms with Crippen LogP contribution in [0.2, 0.25) is 0 Å². The molecule has 2 rings (SSSR count). The Hall–Kier alpha value is -2.09. The fraction of sp³-hybridized carbons (Fsp3) is 0.200. The molecule has 0 aliphatic rings. The predicted octanol–water partition coefficient (Wildman–Crippen LogP) is 4.05. The SMILES string of the molecule is CC(=O)Nc1c(I)c(NC(C)=O)c(I)c(C(=O)NCCC(=O)Oc2ccccc2[N+](=O)[O-])c1I. The lowest BCUT2D eigenvalue weighted by Crippen LogP contribution is -2.29. The number of esters is 1. The van der Waals surface area contributed by atoms with Gasteiger partial charge < -0.3 is 20.7 Å². The fourth-order valence-corrected chi connectivity index (χ4v) is 6.86. The molecule has 0 heterocycles. The summed E-state index contributed by atoms with van der Waals surface area (Å²) in [5, 5.41) is 19.0.